The van der Waals surface area contributed by atoms with Gasteiger partial charge in [0.25, 0.3) is 0 Å². The minimum absolute atomic E-state index is 0.334. The van der Waals surface area contributed by atoms with Gasteiger partial charge in [0.1, 0.15) is 5.82 Å². The number of pyridine rings is 1. The van der Waals surface area contributed by atoms with E-state index < -0.39 is 5.95 Å². The zero-order chi connectivity index (χ0) is 9.97. The van der Waals surface area contributed by atoms with E-state index in [0.29, 0.717) is 11.1 Å². The van der Waals surface area contributed by atoms with E-state index in [1.54, 1.807) is 18.2 Å². The van der Waals surface area contributed by atoms with Gasteiger partial charge < -0.3 is 0 Å². The number of nitrogens with zero attached hydrogens (tertiary/aromatic N) is 1. The van der Waals surface area contributed by atoms with Crippen LogP contribution < -0.4 is 0 Å². The molecule has 0 aliphatic heterocycles. The van der Waals surface area contributed by atoms with Crippen molar-refractivity contribution in [3.05, 3.63) is 54.4 Å². The van der Waals surface area contributed by atoms with E-state index in [-0.39, 0.29) is 5.82 Å². The van der Waals surface area contributed by atoms with Crippen LogP contribution in [0.3, 0.4) is 0 Å². The molecule has 2 aromatic rings. The molecule has 1 heterocycles. The predicted octanol–water partition coefficient (Wildman–Crippen LogP) is 3.03. The van der Waals surface area contributed by atoms with Gasteiger partial charge in [-0.3, -0.25) is 0 Å². The number of aromatic nitrogens is 1. The lowest BCUT2D eigenvalue weighted by molar-refractivity contribution is 0.584. The number of benzene rings is 1. The van der Waals surface area contributed by atoms with Crippen molar-refractivity contribution in [2.24, 2.45) is 0 Å². The molecule has 0 radical (unpaired) electrons. The van der Waals surface area contributed by atoms with Crippen molar-refractivity contribution in [2.75, 3.05) is 0 Å². The average molecular weight is 191 g/mol. The van der Waals surface area contributed by atoms with Crippen molar-refractivity contribution in [3.8, 4) is 11.1 Å². The maximum Gasteiger partial charge on any atom is 0.213 e. The van der Waals surface area contributed by atoms with Gasteiger partial charge in [-0.25, -0.2) is 9.37 Å². The Morgan fingerprint density at radius 3 is 2.43 bits per heavy atom. The molecule has 0 bridgehead atoms. The van der Waals surface area contributed by atoms with Gasteiger partial charge >= 0.3 is 0 Å². The molecule has 1 nitrogen and oxygen atoms in total. The summed E-state index contributed by atoms with van der Waals surface area (Å²) in [6.45, 7) is 0. The average Bonchev–Trinajstić information content (AvgIpc) is 2.18. The van der Waals surface area contributed by atoms with E-state index in [1.165, 1.54) is 24.4 Å². The smallest absolute Gasteiger partial charge is 0.213 e. The second kappa shape index (κ2) is 3.54. The Balaban J connectivity index is 2.49. The molecule has 0 amide bonds. The second-order valence-electron chi connectivity index (χ2n) is 2.88. The molecule has 14 heavy (non-hydrogen) atoms. The largest absolute Gasteiger partial charge is 0.228 e. The van der Waals surface area contributed by atoms with Crippen molar-refractivity contribution < 1.29 is 8.78 Å². The zero-order valence-corrected chi connectivity index (χ0v) is 7.24. The maximum absolute atomic E-state index is 12.8. The normalized spacial score (nSPS) is 10.1. The highest BCUT2D eigenvalue weighted by Crippen LogP contribution is 2.19. The first kappa shape index (κ1) is 8.81. The van der Waals surface area contributed by atoms with Crippen LogP contribution in [0, 0.1) is 11.8 Å². The lowest BCUT2D eigenvalue weighted by Crippen LogP contribution is -1.84. The first-order valence-corrected chi connectivity index (χ1v) is 4.13. The Morgan fingerprint density at radius 2 is 1.71 bits per heavy atom. The first-order chi connectivity index (χ1) is 6.75. The fourth-order valence-electron chi connectivity index (χ4n) is 1.25. The van der Waals surface area contributed by atoms with Gasteiger partial charge in [-0.2, -0.15) is 4.39 Å². The lowest BCUT2D eigenvalue weighted by atomic mass is 10.1. The van der Waals surface area contributed by atoms with E-state index in [0.717, 1.165) is 0 Å². The Hall–Kier alpha value is -1.77. The molecule has 70 valence electrons. The quantitative estimate of drug-likeness (QED) is 0.631. The van der Waals surface area contributed by atoms with Crippen LogP contribution >= 0.6 is 0 Å². The number of rotatable bonds is 1. The minimum atomic E-state index is -0.563. The number of halogens is 2. The summed E-state index contributed by atoms with van der Waals surface area (Å²) in [7, 11) is 0. The van der Waals surface area contributed by atoms with Gasteiger partial charge in [-0.15, -0.1) is 0 Å². The van der Waals surface area contributed by atoms with E-state index in [2.05, 4.69) is 4.98 Å². The molecular weight excluding hydrogens is 184 g/mol. The molecule has 1 aromatic carbocycles. The van der Waals surface area contributed by atoms with Gasteiger partial charge in [0.15, 0.2) is 0 Å². The number of hydrogen-bond acceptors (Lipinski definition) is 1. The molecule has 0 aliphatic rings. The van der Waals surface area contributed by atoms with Gasteiger partial charge in [-0.1, -0.05) is 12.1 Å². The van der Waals surface area contributed by atoms with Crippen LogP contribution in [0.5, 0.6) is 0 Å². The molecular formula is C11H7F2N. The Labute approximate surface area is 80.0 Å². The zero-order valence-electron chi connectivity index (χ0n) is 7.24. The van der Waals surface area contributed by atoms with Crippen LogP contribution in [-0.4, -0.2) is 4.98 Å². The van der Waals surface area contributed by atoms with Crippen molar-refractivity contribution >= 4 is 0 Å². The van der Waals surface area contributed by atoms with Gasteiger partial charge in [0.05, 0.1) is 0 Å². The molecule has 0 saturated heterocycles. The van der Waals surface area contributed by atoms with E-state index >= 15 is 0 Å². The van der Waals surface area contributed by atoms with Crippen LogP contribution in [0.15, 0.2) is 42.6 Å². The standard InChI is InChI=1S/C11H7F2N/c12-10-3-1-2-8(6-10)9-4-5-14-11(13)7-9/h1-7H. The van der Waals surface area contributed by atoms with Gasteiger partial charge in [0.2, 0.25) is 5.95 Å². The van der Waals surface area contributed by atoms with Gasteiger partial charge in [0, 0.05) is 12.3 Å². The summed E-state index contributed by atoms with van der Waals surface area (Å²) < 4.78 is 25.6. The monoisotopic (exact) mass is 191 g/mol. The summed E-state index contributed by atoms with van der Waals surface area (Å²) in [4.78, 5) is 3.43. The highest BCUT2D eigenvalue weighted by molar-refractivity contribution is 5.62. The Kier molecular flexibility index (Phi) is 2.23. The molecule has 2 rings (SSSR count). The highest BCUT2D eigenvalue weighted by Gasteiger charge is 2.00. The van der Waals surface area contributed by atoms with Crippen LogP contribution in [-0.2, 0) is 0 Å². The topological polar surface area (TPSA) is 12.9 Å². The highest BCUT2D eigenvalue weighted by atomic mass is 19.1. The van der Waals surface area contributed by atoms with Crippen molar-refractivity contribution in [1.29, 1.82) is 0 Å². The molecule has 3 heteroatoms. The summed E-state index contributed by atoms with van der Waals surface area (Å²) in [5, 5.41) is 0. The maximum atomic E-state index is 12.8. The third-order valence-corrected chi connectivity index (χ3v) is 1.88. The van der Waals surface area contributed by atoms with Gasteiger partial charge in [-0.05, 0) is 29.3 Å². The van der Waals surface area contributed by atoms with Crippen LogP contribution in [0.4, 0.5) is 8.78 Å². The second-order valence-corrected chi connectivity index (χ2v) is 2.88. The fourth-order valence-corrected chi connectivity index (χ4v) is 1.25. The van der Waals surface area contributed by atoms with E-state index in [4.69, 9.17) is 0 Å². The lowest BCUT2D eigenvalue weighted by Gasteiger charge is -2.00. The molecule has 0 saturated carbocycles. The third-order valence-electron chi connectivity index (χ3n) is 1.88. The van der Waals surface area contributed by atoms with Crippen molar-refractivity contribution in [3.63, 3.8) is 0 Å². The number of hydrogen-bond donors (Lipinski definition) is 0. The minimum Gasteiger partial charge on any atom is -0.228 e. The summed E-state index contributed by atoms with van der Waals surface area (Å²) in [5.74, 6) is -0.897. The van der Waals surface area contributed by atoms with Crippen LogP contribution in [0.25, 0.3) is 11.1 Å². The van der Waals surface area contributed by atoms with E-state index in [9.17, 15) is 8.78 Å². The van der Waals surface area contributed by atoms with Crippen molar-refractivity contribution in [2.45, 2.75) is 0 Å². The summed E-state index contributed by atoms with van der Waals surface area (Å²) in [6, 6.07) is 8.92. The summed E-state index contributed by atoms with van der Waals surface area (Å²) in [6.07, 6.45) is 1.36. The Morgan fingerprint density at radius 1 is 0.929 bits per heavy atom. The van der Waals surface area contributed by atoms with Crippen LogP contribution in [0.2, 0.25) is 0 Å². The molecule has 0 unspecified atom stereocenters. The first-order valence-electron chi connectivity index (χ1n) is 4.13. The molecule has 0 fully saturated rings. The van der Waals surface area contributed by atoms with E-state index in [1.807, 2.05) is 0 Å². The molecule has 0 spiro atoms. The summed E-state index contributed by atoms with van der Waals surface area (Å²) >= 11 is 0. The SMILES string of the molecule is Fc1cccc(-c2ccnc(F)c2)c1. The Bertz CT molecular complexity index is 411. The van der Waals surface area contributed by atoms with Crippen LogP contribution in [0.1, 0.15) is 0 Å². The molecule has 0 N–H and O–H groups in total. The molecule has 1 aromatic heterocycles. The predicted molar refractivity (Wildman–Crippen MR) is 49.6 cm³/mol. The summed E-state index contributed by atoms with van der Waals surface area (Å²) in [5.41, 5.74) is 1.27. The molecule has 0 atom stereocenters. The third kappa shape index (κ3) is 1.76. The van der Waals surface area contributed by atoms with Crippen molar-refractivity contribution in [1.82, 2.24) is 4.98 Å². The fraction of sp³-hybridized carbons (Fsp3) is 0. The molecule has 0 aliphatic carbocycles.